The van der Waals surface area contributed by atoms with Gasteiger partial charge in [0.2, 0.25) is 5.91 Å². The van der Waals surface area contributed by atoms with Gasteiger partial charge in [-0.05, 0) is 55.0 Å². The average Bonchev–Trinajstić information content (AvgIpc) is 2.64. The van der Waals surface area contributed by atoms with Crippen molar-refractivity contribution in [2.24, 2.45) is 11.8 Å². The summed E-state index contributed by atoms with van der Waals surface area (Å²) in [7, 11) is 3.51. The Morgan fingerprint density at radius 3 is 2.81 bits per heavy atom. The van der Waals surface area contributed by atoms with E-state index in [1.54, 1.807) is 13.2 Å². The van der Waals surface area contributed by atoms with Gasteiger partial charge in [0.25, 0.3) is 0 Å². The van der Waals surface area contributed by atoms with Gasteiger partial charge < -0.3 is 15.0 Å². The van der Waals surface area contributed by atoms with Crippen LogP contribution in [0.2, 0.25) is 0 Å². The first-order chi connectivity index (χ1) is 12.9. The van der Waals surface area contributed by atoms with E-state index in [-0.39, 0.29) is 17.6 Å². The molecule has 1 aromatic rings. The molecule has 4 nitrogen and oxygen atoms in total. The molecule has 1 amide bonds. The molecule has 0 unspecified atom stereocenters. The third-order valence-electron chi connectivity index (χ3n) is 5.64. The second-order valence-corrected chi connectivity index (χ2v) is 7.88. The van der Waals surface area contributed by atoms with Crippen LogP contribution in [0, 0.1) is 17.7 Å². The number of ether oxygens (including phenoxy) is 1. The van der Waals surface area contributed by atoms with Crippen LogP contribution in [0.5, 0.6) is 5.75 Å². The molecule has 5 heteroatoms. The molecular formula is C22H29FN2O2. The van der Waals surface area contributed by atoms with E-state index in [4.69, 9.17) is 4.74 Å². The van der Waals surface area contributed by atoms with E-state index in [2.05, 4.69) is 12.2 Å². The zero-order chi connectivity index (χ0) is 19.6. The second kappa shape index (κ2) is 8.15. The van der Waals surface area contributed by atoms with Crippen molar-refractivity contribution in [1.82, 2.24) is 10.2 Å². The topological polar surface area (TPSA) is 41.6 Å². The Labute approximate surface area is 161 Å². The normalized spacial score (nSPS) is 23.1. The highest BCUT2D eigenvalue weighted by Gasteiger charge is 2.27. The predicted octanol–water partition coefficient (Wildman–Crippen LogP) is 4.34. The Balaban J connectivity index is 1.85. The number of hydrogen-bond acceptors (Lipinski definition) is 3. The summed E-state index contributed by atoms with van der Waals surface area (Å²) in [5, 5.41) is 3.13. The third kappa shape index (κ3) is 4.34. The summed E-state index contributed by atoms with van der Waals surface area (Å²) in [6.45, 7) is 4.96. The fraction of sp³-hybridized carbons (Fsp3) is 0.500. The molecule has 1 aliphatic carbocycles. The minimum atomic E-state index is -0.328. The van der Waals surface area contributed by atoms with Crippen LogP contribution in [-0.4, -0.2) is 31.5 Å². The molecule has 1 aromatic carbocycles. The summed E-state index contributed by atoms with van der Waals surface area (Å²) in [4.78, 5) is 14.8. The van der Waals surface area contributed by atoms with Gasteiger partial charge in [-0.25, -0.2) is 4.39 Å². The minimum Gasteiger partial charge on any atom is -0.496 e. The summed E-state index contributed by atoms with van der Waals surface area (Å²) < 4.78 is 18.9. The molecule has 1 N–H and O–H groups in total. The maximum Gasteiger partial charge on any atom is 0.228 e. The fourth-order valence-electron chi connectivity index (χ4n) is 4.12. The largest absolute Gasteiger partial charge is 0.496 e. The molecule has 1 heterocycles. The smallest absolute Gasteiger partial charge is 0.228 e. The highest BCUT2D eigenvalue weighted by Crippen LogP contribution is 2.34. The lowest BCUT2D eigenvalue weighted by atomic mass is 9.82. The Morgan fingerprint density at radius 1 is 1.33 bits per heavy atom. The van der Waals surface area contributed by atoms with Gasteiger partial charge in [-0.3, -0.25) is 4.79 Å². The maximum absolute atomic E-state index is 13.6. The van der Waals surface area contributed by atoms with Gasteiger partial charge in [0.15, 0.2) is 0 Å². The number of methoxy groups -OCH3 is 1. The molecule has 0 saturated heterocycles. The Morgan fingerprint density at radius 2 is 2.11 bits per heavy atom. The number of carbonyl (C=O) groups excluding carboxylic acids is 1. The first-order valence-electron chi connectivity index (χ1n) is 9.66. The average molecular weight is 372 g/mol. The first kappa shape index (κ1) is 19.5. The Hall–Kier alpha value is -2.30. The van der Waals surface area contributed by atoms with E-state index < -0.39 is 0 Å². The number of amides is 1. The summed E-state index contributed by atoms with van der Waals surface area (Å²) in [6, 6.07) is 4.56. The summed E-state index contributed by atoms with van der Waals surface area (Å²) in [6.07, 6.45) is 6.21. The summed E-state index contributed by atoms with van der Waals surface area (Å²) >= 11 is 0. The van der Waals surface area contributed by atoms with Gasteiger partial charge in [-0.1, -0.05) is 19.8 Å². The molecule has 1 aliphatic heterocycles. The van der Waals surface area contributed by atoms with Crippen molar-refractivity contribution in [3.63, 3.8) is 0 Å². The SMILES string of the molecule is COc1cc(F)ccc1C1=C(C)CN(C)C(NC(=O)[C@H]2CCC[C@@H](C)C2)=C1. The van der Waals surface area contributed by atoms with Crippen molar-refractivity contribution in [1.29, 1.82) is 0 Å². The third-order valence-corrected chi connectivity index (χ3v) is 5.64. The number of nitrogens with zero attached hydrogens (tertiary/aromatic N) is 1. The first-order valence-corrected chi connectivity index (χ1v) is 9.66. The van der Waals surface area contributed by atoms with Gasteiger partial charge >= 0.3 is 0 Å². The molecule has 0 spiro atoms. The van der Waals surface area contributed by atoms with E-state index in [0.29, 0.717) is 18.2 Å². The van der Waals surface area contributed by atoms with Gasteiger partial charge in [0.05, 0.1) is 7.11 Å². The van der Waals surface area contributed by atoms with Crippen molar-refractivity contribution >= 4 is 11.5 Å². The molecule has 0 aromatic heterocycles. The summed E-state index contributed by atoms with van der Waals surface area (Å²) in [5.41, 5.74) is 2.95. The van der Waals surface area contributed by atoms with E-state index in [0.717, 1.165) is 41.8 Å². The van der Waals surface area contributed by atoms with Gasteiger partial charge in [0, 0.05) is 31.1 Å². The van der Waals surface area contributed by atoms with Crippen LogP contribution in [-0.2, 0) is 4.79 Å². The molecule has 2 atom stereocenters. The van der Waals surface area contributed by atoms with Crippen LogP contribution in [0.4, 0.5) is 4.39 Å². The number of allylic oxidation sites excluding steroid dienone is 2. The molecule has 1 fully saturated rings. The fourth-order valence-corrected chi connectivity index (χ4v) is 4.12. The number of halogens is 1. The molecule has 3 rings (SSSR count). The number of carbonyl (C=O) groups is 1. The molecule has 1 saturated carbocycles. The molecule has 146 valence electrons. The molecule has 27 heavy (non-hydrogen) atoms. The molecule has 0 radical (unpaired) electrons. The van der Waals surface area contributed by atoms with Crippen LogP contribution in [0.1, 0.15) is 45.1 Å². The maximum atomic E-state index is 13.6. The Bertz CT molecular complexity index is 785. The van der Waals surface area contributed by atoms with Crippen LogP contribution in [0.15, 0.2) is 35.7 Å². The zero-order valence-electron chi connectivity index (χ0n) is 16.6. The van der Waals surface area contributed by atoms with Gasteiger partial charge in [-0.2, -0.15) is 0 Å². The number of likely N-dealkylation sites (N-methyl/N-ethyl adjacent to an activating group) is 1. The molecular weight excluding hydrogens is 343 g/mol. The van der Waals surface area contributed by atoms with Crippen LogP contribution in [0.3, 0.4) is 0 Å². The van der Waals surface area contributed by atoms with Crippen molar-refractivity contribution < 1.29 is 13.9 Å². The van der Waals surface area contributed by atoms with E-state index >= 15 is 0 Å². The minimum absolute atomic E-state index is 0.0823. The quantitative estimate of drug-likeness (QED) is 0.855. The number of nitrogens with one attached hydrogen (secondary N) is 1. The van der Waals surface area contributed by atoms with Crippen molar-refractivity contribution in [3.05, 3.63) is 47.0 Å². The van der Waals surface area contributed by atoms with Crippen LogP contribution in [0.25, 0.3) is 5.57 Å². The lowest BCUT2D eigenvalue weighted by molar-refractivity contribution is -0.126. The Kier molecular flexibility index (Phi) is 5.88. The van der Waals surface area contributed by atoms with Crippen molar-refractivity contribution in [2.75, 3.05) is 20.7 Å². The lowest BCUT2D eigenvalue weighted by Crippen LogP contribution is -2.39. The second-order valence-electron chi connectivity index (χ2n) is 7.88. The molecule has 0 bridgehead atoms. The zero-order valence-corrected chi connectivity index (χ0v) is 16.6. The molecule has 2 aliphatic rings. The van der Waals surface area contributed by atoms with E-state index in [9.17, 15) is 9.18 Å². The summed E-state index contributed by atoms with van der Waals surface area (Å²) in [5.74, 6) is 1.74. The van der Waals surface area contributed by atoms with E-state index in [1.165, 1.54) is 18.6 Å². The van der Waals surface area contributed by atoms with Gasteiger partial charge in [0.1, 0.15) is 17.4 Å². The lowest BCUT2D eigenvalue weighted by Gasteiger charge is -2.32. The number of hydrogen-bond donors (Lipinski definition) is 1. The van der Waals surface area contributed by atoms with E-state index in [1.807, 2.05) is 24.9 Å². The predicted molar refractivity (Wildman–Crippen MR) is 106 cm³/mol. The highest BCUT2D eigenvalue weighted by atomic mass is 19.1. The highest BCUT2D eigenvalue weighted by molar-refractivity contribution is 5.84. The van der Waals surface area contributed by atoms with Gasteiger partial charge in [-0.15, -0.1) is 0 Å². The van der Waals surface area contributed by atoms with Crippen molar-refractivity contribution in [3.8, 4) is 5.75 Å². The standard InChI is InChI=1S/C22H29FN2O2/c1-14-6-5-7-16(10-14)22(26)24-21-12-19(15(2)13-25(21)3)18-9-8-17(23)11-20(18)27-4/h8-9,11-12,14,16H,5-7,10,13H2,1-4H3,(H,24,26)/t14-,16+/m1/s1. The van der Waals surface area contributed by atoms with Crippen molar-refractivity contribution in [2.45, 2.75) is 39.5 Å². The monoisotopic (exact) mass is 372 g/mol. The van der Waals surface area contributed by atoms with Crippen LogP contribution < -0.4 is 10.1 Å². The number of benzene rings is 1. The number of rotatable bonds is 4. The van der Waals surface area contributed by atoms with Crippen LogP contribution >= 0.6 is 0 Å².